The maximum absolute atomic E-state index is 12.5. The van der Waals surface area contributed by atoms with Crippen LogP contribution in [0.2, 0.25) is 5.02 Å². The maximum Gasteiger partial charge on any atom is 0.409 e. The molecule has 1 aromatic carbocycles. The summed E-state index contributed by atoms with van der Waals surface area (Å²) in [5, 5.41) is 7.63. The van der Waals surface area contributed by atoms with Gasteiger partial charge in [0.1, 0.15) is 5.02 Å². The van der Waals surface area contributed by atoms with Gasteiger partial charge in [0.2, 0.25) is 0 Å². The molecule has 1 fully saturated rings. The van der Waals surface area contributed by atoms with Crippen LogP contribution in [0, 0.1) is 0 Å². The van der Waals surface area contributed by atoms with Gasteiger partial charge in [0.05, 0.1) is 25.5 Å². The van der Waals surface area contributed by atoms with Crippen molar-refractivity contribution < 1.29 is 9.53 Å². The second-order valence-electron chi connectivity index (χ2n) is 6.20. The molecule has 7 nitrogen and oxygen atoms in total. The number of amides is 1. The number of likely N-dealkylation sites (tertiary alicyclic amines) is 1. The van der Waals surface area contributed by atoms with Crippen LogP contribution in [0.25, 0.3) is 0 Å². The van der Waals surface area contributed by atoms with Crippen molar-refractivity contribution in [2.75, 3.05) is 25.5 Å². The fourth-order valence-electron chi connectivity index (χ4n) is 2.99. The zero-order valence-corrected chi connectivity index (χ0v) is 15.3. The van der Waals surface area contributed by atoms with Gasteiger partial charge in [0.15, 0.2) is 0 Å². The highest BCUT2D eigenvalue weighted by Crippen LogP contribution is 2.21. The molecule has 3 rings (SSSR count). The third-order valence-electron chi connectivity index (χ3n) is 4.45. The third-order valence-corrected chi connectivity index (χ3v) is 4.81. The first kappa shape index (κ1) is 18.3. The number of ether oxygens (including phenoxy) is 1. The van der Waals surface area contributed by atoms with Gasteiger partial charge in [0, 0.05) is 19.1 Å². The van der Waals surface area contributed by atoms with E-state index in [0.29, 0.717) is 25.3 Å². The van der Waals surface area contributed by atoms with Gasteiger partial charge in [-0.25, -0.2) is 9.48 Å². The Morgan fingerprint density at radius 3 is 2.65 bits per heavy atom. The first-order valence-corrected chi connectivity index (χ1v) is 8.85. The standard InChI is InChI=1S/C18H21ClN4O3/c1-26-18(25)22-9-7-14(8-10-22)21-15-11-20-23(17(24)16(15)19)12-13-5-3-2-4-6-13/h2-6,11,14,21H,7-10,12H2,1H3. The number of piperidine rings is 1. The van der Waals surface area contributed by atoms with E-state index in [1.165, 1.54) is 11.8 Å². The molecule has 8 heteroatoms. The van der Waals surface area contributed by atoms with Crippen LogP contribution < -0.4 is 10.9 Å². The van der Waals surface area contributed by atoms with Crippen molar-refractivity contribution in [3.05, 3.63) is 57.5 Å². The van der Waals surface area contributed by atoms with Crippen LogP contribution in [-0.2, 0) is 11.3 Å². The van der Waals surface area contributed by atoms with Crippen LogP contribution in [0.15, 0.2) is 41.3 Å². The average Bonchev–Trinajstić information content (AvgIpc) is 2.68. The highest BCUT2D eigenvalue weighted by molar-refractivity contribution is 6.32. The number of hydrogen-bond acceptors (Lipinski definition) is 5. The fraction of sp³-hybridized carbons (Fsp3) is 0.389. The van der Waals surface area contributed by atoms with E-state index in [9.17, 15) is 9.59 Å². The number of nitrogens with zero attached hydrogens (tertiary/aromatic N) is 3. The van der Waals surface area contributed by atoms with Gasteiger partial charge in [-0.2, -0.15) is 5.10 Å². The fourth-order valence-corrected chi connectivity index (χ4v) is 3.19. The number of aromatic nitrogens is 2. The molecule has 1 amide bonds. The Bertz CT molecular complexity index is 817. The van der Waals surface area contributed by atoms with Crippen LogP contribution in [0.5, 0.6) is 0 Å². The zero-order chi connectivity index (χ0) is 18.5. The van der Waals surface area contributed by atoms with Gasteiger partial charge < -0.3 is 15.0 Å². The second kappa shape index (κ2) is 8.23. The Morgan fingerprint density at radius 1 is 1.31 bits per heavy atom. The predicted octanol–water partition coefficient (Wildman–Crippen LogP) is 2.59. The summed E-state index contributed by atoms with van der Waals surface area (Å²) >= 11 is 6.27. The highest BCUT2D eigenvalue weighted by atomic mass is 35.5. The lowest BCUT2D eigenvalue weighted by molar-refractivity contribution is 0.113. The summed E-state index contributed by atoms with van der Waals surface area (Å²) < 4.78 is 6.08. The SMILES string of the molecule is COC(=O)N1CCC(Nc2cnn(Cc3ccccc3)c(=O)c2Cl)CC1. The monoisotopic (exact) mass is 376 g/mol. The molecule has 1 aliphatic heterocycles. The molecule has 2 heterocycles. The van der Waals surface area contributed by atoms with E-state index in [4.69, 9.17) is 16.3 Å². The zero-order valence-electron chi connectivity index (χ0n) is 14.5. The summed E-state index contributed by atoms with van der Waals surface area (Å²) in [6.45, 7) is 1.57. The quantitative estimate of drug-likeness (QED) is 0.887. The normalized spacial score (nSPS) is 14.9. The molecule has 0 spiro atoms. The van der Waals surface area contributed by atoms with Crippen molar-refractivity contribution in [2.45, 2.75) is 25.4 Å². The molecule has 1 saturated heterocycles. The summed E-state index contributed by atoms with van der Waals surface area (Å²) in [7, 11) is 1.38. The lowest BCUT2D eigenvalue weighted by Crippen LogP contribution is -2.42. The molecule has 26 heavy (non-hydrogen) atoms. The van der Waals surface area contributed by atoms with Gasteiger partial charge in [-0.05, 0) is 18.4 Å². The largest absolute Gasteiger partial charge is 0.453 e. The molecule has 1 N–H and O–H groups in total. The number of hydrogen-bond donors (Lipinski definition) is 1. The van der Waals surface area contributed by atoms with E-state index >= 15 is 0 Å². The molecule has 0 bridgehead atoms. The average molecular weight is 377 g/mol. The van der Waals surface area contributed by atoms with Crippen LogP contribution >= 0.6 is 11.6 Å². The minimum atomic E-state index is -0.326. The number of halogens is 1. The van der Waals surface area contributed by atoms with Crippen molar-refractivity contribution >= 4 is 23.4 Å². The van der Waals surface area contributed by atoms with E-state index in [2.05, 4.69) is 10.4 Å². The van der Waals surface area contributed by atoms with Gasteiger partial charge in [-0.1, -0.05) is 41.9 Å². The highest BCUT2D eigenvalue weighted by Gasteiger charge is 2.24. The van der Waals surface area contributed by atoms with Crippen LogP contribution in [-0.4, -0.2) is 47.0 Å². The Balaban J connectivity index is 1.66. The lowest BCUT2D eigenvalue weighted by Gasteiger charge is -2.31. The predicted molar refractivity (Wildman–Crippen MR) is 99.7 cm³/mol. The number of nitrogens with one attached hydrogen (secondary N) is 1. The molecule has 0 atom stereocenters. The summed E-state index contributed by atoms with van der Waals surface area (Å²) in [4.78, 5) is 25.7. The summed E-state index contributed by atoms with van der Waals surface area (Å²) in [6, 6.07) is 9.74. The van der Waals surface area contributed by atoms with E-state index in [1.807, 2.05) is 30.3 Å². The number of rotatable bonds is 4. The van der Waals surface area contributed by atoms with Crippen LogP contribution in [0.1, 0.15) is 18.4 Å². The Hall–Kier alpha value is -2.54. The van der Waals surface area contributed by atoms with E-state index in [-0.39, 0.29) is 22.7 Å². The third kappa shape index (κ3) is 4.16. The molecule has 138 valence electrons. The van der Waals surface area contributed by atoms with E-state index in [0.717, 1.165) is 18.4 Å². The Morgan fingerprint density at radius 2 is 2.00 bits per heavy atom. The molecule has 0 unspecified atom stereocenters. The van der Waals surface area contributed by atoms with Crippen molar-refractivity contribution in [3.8, 4) is 0 Å². The number of anilines is 1. The van der Waals surface area contributed by atoms with E-state index in [1.54, 1.807) is 11.1 Å². The molecule has 2 aromatic rings. The second-order valence-corrected chi connectivity index (χ2v) is 6.57. The smallest absolute Gasteiger partial charge is 0.409 e. The minimum absolute atomic E-state index is 0.125. The molecule has 1 aliphatic rings. The van der Waals surface area contributed by atoms with Crippen molar-refractivity contribution in [3.63, 3.8) is 0 Å². The van der Waals surface area contributed by atoms with Crippen LogP contribution in [0.3, 0.4) is 0 Å². The van der Waals surface area contributed by atoms with Crippen molar-refractivity contribution in [1.82, 2.24) is 14.7 Å². The van der Waals surface area contributed by atoms with Gasteiger partial charge >= 0.3 is 6.09 Å². The number of carbonyl (C=O) groups excluding carboxylic acids is 1. The molecular weight excluding hydrogens is 356 g/mol. The lowest BCUT2D eigenvalue weighted by atomic mass is 10.1. The first-order valence-electron chi connectivity index (χ1n) is 8.47. The number of methoxy groups -OCH3 is 1. The Labute approximate surface area is 156 Å². The molecule has 1 aromatic heterocycles. The number of carbonyl (C=O) groups is 1. The Kier molecular flexibility index (Phi) is 5.78. The molecular formula is C18H21ClN4O3. The van der Waals surface area contributed by atoms with Crippen molar-refractivity contribution in [1.29, 1.82) is 0 Å². The van der Waals surface area contributed by atoms with E-state index < -0.39 is 0 Å². The van der Waals surface area contributed by atoms with Gasteiger partial charge in [-0.15, -0.1) is 0 Å². The van der Waals surface area contributed by atoms with Crippen LogP contribution in [0.4, 0.5) is 10.5 Å². The molecule has 0 radical (unpaired) electrons. The van der Waals surface area contributed by atoms with Crippen molar-refractivity contribution in [2.24, 2.45) is 0 Å². The minimum Gasteiger partial charge on any atom is -0.453 e. The number of benzene rings is 1. The van der Waals surface area contributed by atoms with Gasteiger partial charge in [0.25, 0.3) is 5.56 Å². The summed E-state index contributed by atoms with van der Waals surface area (Å²) in [5.41, 5.74) is 1.18. The summed E-state index contributed by atoms with van der Waals surface area (Å²) in [5.74, 6) is 0. The molecule has 0 saturated carbocycles. The summed E-state index contributed by atoms with van der Waals surface area (Å²) in [6.07, 6.45) is 2.77. The topological polar surface area (TPSA) is 76.5 Å². The first-order chi connectivity index (χ1) is 12.6. The molecule has 0 aliphatic carbocycles. The van der Waals surface area contributed by atoms with Gasteiger partial charge in [-0.3, -0.25) is 4.79 Å². The maximum atomic E-state index is 12.5.